The standard InChI is InChI=1S/C21H21ClN2O2S/c1-3-4-15-5-7-16(8-6-15)19-13-27-21(23-19)24-20(25)12-26-17-9-10-18(22)14(2)11-17/h5-11,13H,3-4,12H2,1-2H3,(H,23,24,25). The van der Waals surface area contributed by atoms with Crippen LogP contribution in [0, 0.1) is 6.92 Å². The van der Waals surface area contributed by atoms with E-state index in [1.54, 1.807) is 18.2 Å². The van der Waals surface area contributed by atoms with Crippen molar-refractivity contribution >= 4 is 34.0 Å². The summed E-state index contributed by atoms with van der Waals surface area (Å²) in [5.41, 5.74) is 4.12. The van der Waals surface area contributed by atoms with Crippen LogP contribution in [-0.4, -0.2) is 17.5 Å². The number of aryl methyl sites for hydroxylation is 2. The van der Waals surface area contributed by atoms with Gasteiger partial charge in [0.05, 0.1) is 5.69 Å². The molecule has 0 aliphatic rings. The number of carbonyl (C=O) groups excluding carboxylic acids is 1. The van der Waals surface area contributed by atoms with E-state index in [4.69, 9.17) is 16.3 Å². The topological polar surface area (TPSA) is 51.2 Å². The van der Waals surface area contributed by atoms with Crippen LogP contribution in [0.2, 0.25) is 5.02 Å². The lowest BCUT2D eigenvalue weighted by Crippen LogP contribution is -2.20. The number of hydrogen-bond donors (Lipinski definition) is 1. The summed E-state index contributed by atoms with van der Waals surface area (Å²) in [6.45, 7) is 3.98. The highest BCUT2D eigenvalue weighted by Crippen LogP contribution is 2.25. The number of carbonyl (C=O) groups is 1. The molecule has 4 nitrogen and oxygen atoms in total. The summed E-state index contributed by atoms with van der Waals surface area (Å²) in [4.78, 5) is 16.6. The highest BCUT2D eigenvalue weighted by atomic mass is 35.5. The number of ether oxygens (including phenoxy) is 1. The summed E-state index contributed by atoms with van der Waals surface area (Å²) in [5, 5.41) is 5.95. The predicted molar refractivity (Wildman–Crippen MR) is 112 cm³/mol. The first-order valence-corrected chi connectivity index (χ1v) is 10.0. The Hall–Kier alpha value is -2.37. The molecule has 1 N–H and O–H groups in total. The van der Waals surface area contributed by atoms with Crippen molar-refractivity contribution in [2.24, 2.45) is 0 Å². The van der Waals surface area contributed by atoms with E-state index in [2.05, 4.69) is 41.5 Å². The zero-order valence-corrected chi connectivity index (χ0v) is 16.9. The summed E-state index contributed by atoms with van der Waals surface area (Å²) in [7, 11) is 0. The second kappa shape index (κ2) is 9.02. The Morgan fingerprint density at radius 3 is 2.70 bits per heavy atom. The molecule has 27 heavy (non-hydrogen) atoms. The van der Waals surface area contributed by atoms with Gasteiger partial charge in [0.25, 0.3) is 5.91 Å². The van der Waals surface area contributed by atoms with Gasteiger partial charge in [0.15, 0.2) is 11.7 Å². The Labute approximate surface area is 168 Å². The zero-order valence-electron chi connectivity index (χ0n) is 15.3. The van der Waals surface area contributed by atoms with Crippen molar-refractivity contribution in [3.05, 3.63) is 64.0 Å². The van der Waals surface area contributed by atoms with E-state index in [-0.39, 0.29) is 12.5 Å². The summed E-state index contributed by atoms with van der Waals surface area (Å²) in [6, 6.07) is 13.7. The number of hydrogen-bond acceptors (Lipinski definition) is 4. The summed E-state index contributed by atoms with van der Waals surface area (Å²) in [5.74, 6) is 0.362. The zero-order chi connectivity index (χ0) is 19.2. The molecule has 3 rings (SSSR count). The van der Waals surface area contributed by atoms with Crippen LogP contribution in [0.3, 0.4) is 0 Å². The molecule has 0 spiro atoms. The lowest BCUT2D eigenvalue weighted by atomic mass is 10.1. The molecule has 0 saturated carbocycles. The molecule has 1 amide bonds. The molecule has 6 heteroatoms. The minimum absolute atomic E-state index is 0.0816. The predicted octanol–water partition coefficient (Wildman–Crippen LogP) is 5.74. The van der Waals surface area contributed by atoms with Gasteiger partial charge >= 0.3 is 0 Å². The maximum absolute atomic E-state index is 12.1. The van der Waals surface area contributed by atoms with Crippen molar-refractivity contribution in [1.29, 1.82) is 0 Å². The molecule has 1 aromatic heterocycles. The number of nitrogens with zero attached hydrogens (tertiary/aromatic N) is 1. The van der Waals surface area contributed by atoms with E-state index in [9.17, 15) is 4.79 Å². The molecule has 0 unspecified atom stereocenters. The molecule has 3 aromatic rings. The molecule has 140 valence electrons. The quantitative estimate of drug-likeness (QED) is 0.550. The lowest BCUT2D eigenvalue weighted by molar-refractivity contribution is -0.118. The summed E-state index contributed by atoms with van der Waals surface area (Å²) in [6.07, 6.45) is 2.20. The third-order valence-corrected chi connectivity index (χ3v) is 5.22. The van der Waals surface area contributed by atoms with E-state index in [1.807, 2.05) is 12.3 Å². The Morgan fingerprint density at radius 1 is 1.22 bits per heavy atom. The van der Waals surface area contributed by atoms with Crippen LogP contribution in [0.25, 0.3) is 11.3 Å². The molecule has 0 radical (unpaired) electrons. The molecule has 0 atom stereocenters. The van der Waals surface area contributed by atoms with E-state index in [0.29, 0.717) is 15.9 Å². The van der Waals surface area contributed by atoms with Gasteiger partial charge in [0.1, 0.15) is 5.75 Å². The van der Waals surface area contributed by atoms with Gasteiger partial charge in [-0.25, -0.2) is 4.98 Å². The normalized spacial score (nSPS) is 10.6. The van der Waals surface area contributed by atoms with Crippen molar-refractivity contribution in [2.45, 2.75) is 26.7 Å². The van der Waals surface area contributed by atoms with Gasteiger partial charge in [0.2, 0.25) is 0 Å². The fourth-order valence-electron chi connectivity index (χ4n) is 2.61. The number of amides is 1. The fraction of sp³-hybridized carbons (Fsp3) is 0.238. The Bertz CT molecular complexity index is 922. The molecule has 2 aromatic carbocycles. The van der Waals surface area contributed by atoms with Crippen LogP contribution in [0.5, 0.6) is 5.75 Å². The average Bonchev–Trinajstić information content (AvgIpc) is 3.12. The van der Waals surface area contributed by atoms with E-state index >= 15 is 0 Å². The first-order valence-electron chi connectivity index (χ1n) is 8.79. The highest BCUT2D eigenvalue weighted by Gasteiger charge is 2.09. The van der Waals surface area contributed by atoms with Crippen molar-refractivity contribution in [2.75, 3.05) is 11.9 Å². The van der Waals surface area contributed by atoms with E-state index in [1.165, 1.54) is 16.9 Å². The molecular weight excluding hydrogens is 380 g/mol. The second-order valence-electron chi connectivity index (χ2n) is 6.23. The van der Waals surface area contributed by atoms with E-state index in [0.717, 1.165) is 29.7 Å². The number of benzene rings is 2. The third-order valence-electron chi connectivity index (χ3n) is 4.04. The van der Waals surface area contributed by atoms with Crippen LogP contribution in [0.4, 0.5) is 5.13 Å². The molecule has 0 bridgehead atoms. The van der Waals surface area contributed by atoms with Gasteiger partial charge in [-0.05, 0) is 42.7 Å². The van der Waals surface area contributed by atoms with Crippen LogP contribution in [0.1, 0.15) is 24.5 Å². The SMILES string of the molecule is CCCc1ccc(-c2csc(NC(=O)COc3ccc(Cl)c(C)c3)n2)cc1. The monoisotopic (exact) mass is 400 g/mol. The molecule has 1 heterocycles. The maximum Gasteiger partial charge on any atom is 0.264 e. The molecule has 0 aliphatic heterocycles. The Balaban J connectivity index is 1.56. The van der Waals surface area contributed by atoms with Crippen LogP contribution >= 0.6 is 22.9 Å². The average molecular weight is 401 g/mol. The Morgan fingerprint density at radius 2 is 2.00 bits per heavy atom. The molecular formula is C21H21ClN2O2S. The number of halogens is 1. The van der Waals surface area contributed by atoms with Gasteiger partial charge in [-0.1, -0.05) is 49.2 Å². The van der Waals surface area contributed by atoms with Crippen molar-refractivity contribution in [3.63, 3.8) is 0 Å². The second-order valence-corrected chi connectivity index (χ2v) is 7.50. The number of anilines is 1. The van der Waals surface area contributed by atoms with Gasteiger partial charge in [0, 0.05) is 16.0 Å². The van der Waals surface area contributed by atoms with Gasteiger partial charge in [-0.15, -0.1) is 11.3 Å². The van der Waals surface area contributed by atoms with Gasteiger partial charge in [-0.2, -0.15) is 0 Å². The fourth-order valence-corrected chi connectivity index (χ4v) is 3.46. The number of nitrogens with one attached hydrogen (secondary N) is 1. The lowest BCUT2D eigenvalue weighted by Gasteiger charge is -2.07. The number of rotatable bonds is 7. The summed E-state index contributed by atoms with van der Waals surface area (Å²) < 4.78 is 5.51. The first kappa shape index (κ1) is 19.4. The maximum atomic E-state index is 12.1. The third kappa shape index (κ3) is 5.31. The minimum atomic E-state index is -0.248. The van der Waals surface area contributed by atoms with E-state index < -0.39 is 0 Å². The van der Waals surface area contributed by atoms with Gasteiger partial charge in [-0.3, -0.25) is 10.1 Å². The smallest absolute Gasteiger partial charge is 0.264 e. The first-order chi connectivity index (χ1) is 13.0. The van der Waals surface area contributed by atoms with Crippen molar-refractivity contribution in [3.8, 4) is 17.0 Å². The minimum Gasteiger partial charge on any atom is -0.484 e. The number of thiazole rings is 1. The largest absolute Gasteiger partial charge is 0.484 e. The highest BCUT2D eigenvalue weighted by molar-refractivity contribution is 7.14. The summed E-state index contributed by atoms with van der Waals surface area (Å²) >= 11 is 7.38. The molecule has 0 aliphatic carbocycles. The van der Waals surface area contributed by atoms with Crippen LogP contribution in [0.15, 0.2) is 47.8 Å². The van der Waals surface area contributed by atoms with Crippen LogP contribution in [-0.2, 0) is 11.2 Å². The Kier molecular flexibility index (Phi) is 6.48. The van der Waals surface area contributed by atoms with Crippen LogP contribution < -0.4 is 10.1 Å². The van der Waals surface area contributed by atoms with Gasteiger partial charge < -0.3 is 4.74 Å². The van der Waals surface area contributed by atoms with Crippen molar-refractivity contribution < 1.29 is 9.53 Å². The number of aromatic nitrogens is 1. The molecule has 0 saturated heterocycles. The van der Waals surface area contributed by atoms with Crippen molar-refractivity contribution in [1.82, 2.24) is 4.98 Å². The molecule has 0 fully saturated rings.